The number of hydrogen-bond acceptors (Lipinski definition) is 3. The fourth-order valence-corrected chi connectivity index (χ4v) is 1.62. The molecular formula is C12H16INO3. The quantitative estimate of drug-likeness (QED) is 0.448. The van der Waals surface area contributed by atoms with E-state index in [4.69, 9.17) is 15.6 Å². The maximum absolute atomic E-state index is 10.6. The van der Waals surface area contributed by atoms with Crippen LogP contribution in [0.4, 0.5) is 0 Å². The Morgan fingerprint density at radius 1 is 1.41 bits per heavy atom. The van der Waals surface area contributed by atoms with Crippen molar-refractivity contribution in [2.75, 3.05) is 11.0 Å². The summed E-state index contributed by atoms with van der Waals surface area (Å²) in [5.41, 5.74) is 6.36. The number of halogens is 1. The summed E-state index contributed by atoms with van der Waals surface area (Å²) in [6.07, 6.45) is 1.36. The molecule has 0 aliphatic heterocycles. The van der Waals surface area contributed by atoms with Gasteiger partial charge in [0.25, 0.3) is 0 Å². The number of nitrogens with two attached hydrogens (primary N) is 1. The Hall–Kier alpha value is -0.820. The molecule has 1 rings (SSSR count). The Morgan fingerprint density at radius 2 is 2.06 bits per heavy atom. The van der Waals surface area contributed by atoms with Gasteiger partial charge < -0.3 is 15.6 Å². The van der Waals surface area contributed by atoms with Crippen LogP contribution in [0.3, 0.4) is 0 Å². The van der Waals surface area contributed by atoms with E-state index in [2.05, 4.69) is 22.6 Å². The normalized spacial score (nSPS) is 12.1. The number of carboxylic acids is 1. The molecule has 0 bridgehead atoms. The monoisotopic (exact) mass is 349 g/mol. The number of hydrogen-bond donors (Lipinski definition) is 2. The Balaban J connectivity index is 2.47. The lowest BCUT2D eigenvalue weighted by Crippen LogP contribution is -2.32. The summed E-state index contributed by atoms with van der Waals surface area (Å²) in [7, 11) is 0. The molecule has 0 fully saturated rings. The van der Waals surface area contributed by atoms with Crippen LogP contribution in [0.2, 0.25) is 0 Å². The highest BCUT2D eigenvalue weighted by atomic mass is 127. The summed E-state index contributed by atoms with van der Waals surface area (Å²) >= 11 is 2.31. The largest absolute Gasteiger partial charge is 0.494 e. The minimum atomic E-state index is -0.979. The molecular weight excluding hydrogens is 333 g/mol. The van der Waals surface area contributed by atoms with Gasteiger partial charge in [-0.15, -0.1) is 0 Å². The molecule has 0 heterocycles. The van der Waals surface area contributed by atoms with Crippen molar-refractivity contribution in [1.82, 2.24) is 0 Å². The lowest BCUT2D eigenvalue weighted by Gasteiger charge is -2.08. The van der Waals surface area contributed by atoms with Gasteiger partial charge in [-0.1, -0.05) is 34.7 Å². The minimum Gasteiger partial charge on any atom is -0.494 e. The Labute approximate surface area is 114 Å². The highest BCUT2D eigenvalue weighted by Crippen LogP contribution is 2.13. The molecule has 5 heteroatoms. The molecule has 0 aliphatic carbocycles. The van der Waals surface area contributed by atoms with Crippen LogP contribution < -0.4 is 10.5 Å². The zero-order chi connectivity index (χ0) is 12.7. The predicted octanol–water partition coefficient (Wildman–Crippen LogP) is 1.84. The van der Waals surface area contributed by atoms with Crippen LogP contribution in [-0.4, -0.2) is 28.2 Å². The van der Waals surface area contributed by atoms with Crippen LogP contribution in [-0.2, 0) is 11.2 Å². The first-order valence-electron chi connectivity index (χ1n) is 5.39. The fraction of sp³-hybridized carbons (Fsp3) is 0.417. The van der Waals surface area contributed by atoms with E-state index in [0.717, 1.165) is 22.2 Å². The van der Waals surface area contributed by atoms with E-state index < -0.39 is 12.0 Å². The summed E-state index contributed by atoms with van der Waals surface area (Å²) in [6.45, 7) is 0.705. The van der Waals surface area contributed by atoms with E-state index in [-0.39, 0.29) is 0 Å². The summed E-state index contributed by atoms with van der Waals surface area (Å²) in [5.74, 6) is -0.171. The van der Waals surface area contributed by atoms with Gasteiger partial charge in [-0.05, 0) is 30.5 Å². The predicted molar refractivity (Wildman–Crippen MR) is 74.8 cm³/mol. The highest BCUT2D eigenvalue weighted by Gasteiger charge is 2.11. The van der Waals surface area contributed by atoms with Crippen molar-refractivity contribution < 1.29 is 14.6 Å². The molecule has 0 saturated carbocycles. The maximum Gasteiger partial charge on any atom is 0.320 e. The smallest absolute Gasteiger partial charge is 0.320 e. The van der Waals surface area contributed by atoms with Crippen LogP contribution in [0, 0.1) is 0 Å². The maximum atomic E-state index is 10.6. The molecule has 0 saturated heterocycles. The van der Waals surface area contributed by atoms with Crippen molar-refractivity contribution in [2.24, 2.45) is 5.73 Å². The van der Waals surface area contributed by atoms with Crippen LogP contribution in [0.5, 0.6) is 5.75 Å². The van der Waals surface area contributed by atoms with E-state index in [9.17, 15) is 4.79 Å². The number of carboxylic acid groups (broad SMARTS) is 1. The molecule has 0 radical (unpaired) electrons. The second-order valence-corrected chi connectivity index (χ2v) is 4.76. The first-order valence-corrected chi connectivity index (χ1v) is 6.92. The van der Waals surface area contributed by atoms with Crippen LogP contribution in [0.1, 0.15) is 12.0 Å². The van der Waals surface area contributed by atoms with Crippen molar-refractivity contribution in [1.29, 1.82) is 0 Å². The van der Waals surface area contributed by atoms with Gasteiger partial charge in [-0.25, -0.2) is 0 Å². The zero-order valence-corrected chi connectivity index (χ0v) is 11.6. The van der Waals surface area contributed by atoms with Crippen molar-refractivity contribution in [3.8, 4) is 5.75 Å². The Bertz CT molecular complexity index is 353. The number of carbonyl (C=O) groups is 1. The third kappa shape index (κ3) is 5.36. The number of ether oxygens (including phenoxy) is 1. The number of benzene rings is 1. The Kier molecular flexibility index (Phi) is 6.28. The summed E-state index contributed by atoms with van der Waals surface area (Å²) < 4.78 is 6.57. The minimum absolute atomic E-state index is 0.337. The van der Waals surface area contributed by atoms with E-state index in [0.29, 0.717) is 13.0 Å². The zero-order valence-electron chi connectivity index (χ0n) is 9.43. The lowest BCUT2D eigenvalue weighted by molar-refractivity contribution is -0.138. The molecule has 1 aromatic carbocycles. The average Bonchev–Trinajstić information content (AvgIpc) is 2.31. The van der Waals surface area contributed by atoms with E-state index in [1.165, 1.54) is 0 Å². The number of aliphatic carboxylic acids is 1. The molecule has 1 atom stereocenters. The fourth-order valence-electron chi connectivity index (χ4n) is 1.31. The molecule has 1 unspecified atom stereocenters. The second kappa shape index (κ2) is 7.50. The van der Waals surface area contributed by atoms with Gasteiger partial charge in [0.2, 0.25) is 0 Å². The molecule has 0 aliphatic rings. The molecule has 17 heavy (non-hydrogen) atoms. The topological polar surface area (TPSA) is 72.5 Å². The number of alkyl halides is 1. The molecule has 4 nitrogen and oxygen atoms in total. The molecule has 0 spiro atoms. The van der Waals surface area contributed by atoms with Crippen molar-refractivity contribution in [3.63, 3.8) is 0 Å². The van der Waals surface area contributed by atoms with Gasteiger partial charge in [-0.3, -0.25) is 4.79 Å². The Morgan fingerprint density at radius 3 is 2.59 bits per heavy atom. The lowest BCUT2D eigenvalue weighted by atomic mass is 10.1. The molecule has 0 amide bonds. The van der Waals surface area contributed by atoms with E-state index in [1.807, 2.05) is 24.3 Å². The first kappa shape index (κ1) is 14.2. The van der Waals surface area contributed by atoms with Gasteiger partial charge in [0.15, 0.2) is 0 Å². The molecule has 1 aromatic rings. The summed E-state index contributed by atoms with van der Waals surface area (Å²) in [5, 5.41) is 8.69. The summed E-state index contributed by atoms with van der Waals surface area (Å²) in [4.78, 5) is 10.6. The van der Waals surface area contributed by atoms with Gasteiger partial charge >= 0.3 is 5.97 Å². The van der Waals surface area contributed by atoms with Crippen molar-refractivity contribution >= 4 is 28.6 Å². The molecule has 0 aromatic heterocycles. The first-order chi connectivity index (χ1) is 8.13. The van der Waals surface area contributed by atoms with Crippen LogP contribution in [0.15, 0.2) is 24.3 Å². The van der Waals surface area contributed by atoms with Gasteiger partial charge in [0.1, 0.15) is 11.8 Å². The average molecular weight is 349 g/mol. The van der Waals surface area contributed by atoms with Gasteiger partial charge in [-0.2, -0.15) is 0 Å². The molecule has 94 valence electrons. The molecule has 3 N–H and O–H groups in total. The van der Waals surface area contributed by atoms with Crippen molar-refractivity contribution in [3.05, 3.63) is 29.8 Å². The van der Waals surface area contributed by atoms with Crippen molar-refractivity contribution in [2.45, 2.75) is 18.9 Å². The van der Waals surface area contributed by atoms with E-state index >= 15 is 0 Å². The third-order valence-electron chi connectivity index (χ3n) is 2.24. The highest BCUT2D eigenvalue weighted by molar-refractivity contribution is 14.1. The van der Waals surface area contributed by atoms with Crippen LogP contribution >= 0.6 is 22.6 Å². The second-order valence-electron chi connectivity index (χ2n) is 3.68. The SMILES string of the molecule is NC(Cc1ccc(OCCCI)cc1)C(=O)O. The van der Waals surface area contributed by atoms with E-state index in [1.54, 1.807) is 0 Å². The third-order valence-corrected chi connectivity index (χ3v) is 3.01. The summed E-state index contributed by atoms with van der Waals surface area (Å²) in [6, 6.07) is 6.54. The number of rotatable bonds is 7. The standard InChI is InChI=1S/C12H16INO3/c13-6-1-7-17-10-4-2-9(3-5-10)8-11(14)12(15)16/h2-5,11H,1,6-8,14H2,(H,15,16). The van der Waals surface area contributed by atoms with Gasteiger partial charge in [0.05, 0.1) is 6.61 Å². The van der Waals surface area contributed by atoms with Gasteiger partial charge in [0, 0.05) is 4.43 Å². The van der Waals surface area contributed by atoms with Crippen LogP contribution in [0.25, 0.3) is 0 Å².